The van der Waals surface area contributed by atoms with Gasteiger partial charge in [0, 0.05) is 37.2 Å². The maximum atomic E-state index is 13.5. The number of fused-ring (bicyclic) bond motifs is 1. The highest BCUT2D eigenvalue weighted by Crippen LogP contribution is 2.29. The molecule has 0 unspecified atom stereocenters. The van der Waals surface area contributed by atoms with Crippen LogP contribution in [0.15, 0.2) is 84.9 Å². The fourth-order valence-electron chi connectivity index (χ4n) is 4.22. The molecule has 0 saturated heterocycles. The van der Waals surface area contributed by atoms with Crippen molar-refractivity contribution in [2.24, 2.45) is 0 Å². The topological polar surface area (TPSA) is 29.0 Å². The summed E-state index contributed by atoms with van der Waals surface area (Å²) in [5.41, 5.74) is 6.66. The molecule has 1 aliphatic heterocycles. The molecule has 5 heteroatoms. The van der Waals surface area contributed by atoms with Crippen molar-refractivity contribution in [2.75, 3.05) is 6.54 Å². The molecule has 2 heterocycles. The Balaban J connectivity index is 0.00000245. The van der Waals surface area contributed by atoms with Gasteiger partial charge in [0.15, 0.2) is 0 Å². The van der Waals surface area contributed by atoms with Crippen LogP contribution in [0.25, 0.3) is 11.3 Å². The van der Waals surface area contributed by atoms with Crippen molar-refractivity contribution in [2.45, 2.75) is 25.9 Å². The molecular weight excluding hydrogens is 421 g/mol. The molecule has 1 aliphatic rings. The average Bonchev–Trinajstić information content (AvgIpc) is 2.80. The van der Waals surface area contributed by atoms with E-state index in [2.05, 4.69) is 41.3 Å². The fourth-order valence-corrected chi connectivity index (χ4v) is 4.22. The zero-order chi connectivity index (χ0) is 21.0. The van der Waals surface area contributed by atoms with E-state index in [0.717, 1.165) is 48.8 Å². The molecule has 1 aromatic heterocycles. The quantitative estimate of drug-likeness (QED) is 0.385. The van der Waals surface area contributed by atoms with Gasteiger partial charge >= 0.3 is 0 Å². The molecule has 5 rings (SSSR count). The van der Waals surface area contributed by atoms with Crippen LogP contribution < -0.4 is 0 Å². The number of nitrogens with zero attached hydrogens (tertiary/aromatic N) is 3. The van der Waals surface area contributed by atoms with Crippen LogP contribution in [0.4, 0.5) is 4.39 Å². The second kappa shape index (κ2) is 10.0. The van der Waals surface area contributed by atoms with Crippen LogP contribution in [0.3, 0.4) is 0 Å². The highest BCUT2D eigenvalue weighted by Gasteiger charge is 2.23. The Morgan fingerprint density at radius 1 is 0.781 bits per heavy atom. The monoisotopic (exact) mass is 445 g/mol. The molecule has 0 N–H and O–H groups in total. The van der Waals surface area contributed by atoms with E-state index in [9.17, 15) is 4.39 Å². The largest absolute Gasteiger partial charge is 0.293 e. The van der Waals surface area contributed by atoms with Crippen molar-refractivity contribution in [1.82, 2.24) is 14.9 Å². The van der Waals surface area contributed by atoms with E-state index < -0.39 is 0 Å². The van der Waals surface area contributed by atoms with Crippen LogP contribution in [0.5, 0.6) is 0 Å². The number of hydrogen-bond donors (Lipinski definition) is 0. The number of rotatable bonds is 5. The van der Waals surface area contributed by atoms with Crippen LogP contribution in [0, 0.1) is 5.82 Å². The van der Waals surface area contributed by atoms with Crippen molar-refractivity contribution in [3.05, 3.63) is 119 Å². The molecule has 3 aromatic carbocycles. The van der Waals surface area contributed by atoms with Crippen LogP contribution in [0.1, 0.15) is 28.2 Å². The van der Waals surface area contributed by atoms with Gasteiger partial charge in [-0.3, -0.25) is 4.90 Å². The van der Waals surface area contributed by atoms with E-state index in [0.29, 0.717) is 6.42 Å². The van der Waals surface area contributed by atoms with Gasteiger partial charge in [-0.05, 0) is 41.8 Å². The highest BCUT2D eigenvalue weighted by atomic mass is 35.5. The standard InChI is InChI=1S/C27H24FN3.ClH/c28-23-13-11-22(12-14-23)27-24-15-16-31(18-21-9-5-2-6-10-21)19-25(24)29-26(30-27)17-20-7-3-1-4-8-20;/h1-14H,15-19H2;1H. The Kier molecular flexibility index (Phi) is 6.93. The molecule has 4 aromatic rings. The zero-order valence-corrected chi connectivity index (χ0v) is 18.6. The lowest BCUT2D eigenvalue weighted by Crippen LogP contribution is -2.31. The Bertz CT molecular complexity index is 1160. The predicted molar refractivity (Wildman–Crippen MR) is 128 cm³/mol. The minimum Gasteiger partial charge on any atom is -0.293 e. The van der Waals surface area contributed by atoms with Gasteiger partial charge in [0.05, 0.1) is 11.4 Å². The van der Waals surface area contributed by atoms with Gasteiger partial charge in [-0.1, -0.05) is 60.7 Å². The van der Waals surface area contributed by atoms with Crippen molar-refractivity contribution in [3.63, 3.8) is 0 Å². The van der Waals surface area contributed by atoms with E-state index in [1.807, 2.05) is 36.4 Å². The molecular formula is C27H25ClFN3. The first-order valence-electron chi connectivity index (χ1n) is 10.7. The fraction of sp³-hybridized carbons (Fsp3) is 0.185. The van der Waals surface area contributed by atoms with Crippen molar-refractivity contribution in [1.29, 1.82) is 0 Å². The summed E-state index contributed by atoms with van der Waals surface area (Å²) >= 11 is 0. The normalized spacial score (nSPS) is 13.3. The molecule has 162 valence electrons. The minimum atomic E-state index is -0.231. The van der Waals surface area contributed by atoms with Gasteiger partial charge in [-0.15, -0.1) is 12.4 Å². The summed E-state index contributed by atoms with van der Waals surface area (Å²) < 4.78 is 13.5. The second-order valence-electron chi connectivity index (χ2n) is 8.03. The Morgan fingerprint density at radius 3 is 2.12 bits per heavy atom. The summed E-state index contributed by atoms with van der Waals surface area (Å²) in [6, 6.07) is 27.5. The maximum absolute atomic E-state index is 13.5. The van der Waals surface area contributed by atoms with Crippen LogP contribution in [0.2, 0.25) is 0 Å². The summed E-state index contributed by atoms with van der Waals surface area (Å²) in [6.45, 7) is 2.66. The smallest absolute Gasteiger partial charge is 0.133 e. The number of halogens is 2. The first-order chi connectivity index (χ1) is 15.2. The molecule has 0 amide bonds. The molecule has 0 saturated carbocycles. The maximum Gasteiger partial charge on any atom is 0.133 e. The molecule has 32 heavy (non-hydrogen) atoms. The third-order valence-electron chi connectivity index (χ3n) is 5.76. The Labute approximate surface area is 194 Å². The van der Waals surface area contributed by atoms with Gasteiger partial charge in [-0.25, -0.2) is 14.4 Å². The van der Waals surface area contributed by atoms with E-state index in [-0.39, 0.29) is 18.2 Å². The van der Waals surface area contributed by atoms with Gasteiger partial charge in [0.2, 0.25) is 0 Å². The number of hydrogen-bond acceptors (Lipinski definition) is 3. The lowest BCUT2D eigenvalue weighted by Gasteiger charge is -2.29. The number of aromatic nitrogens is 2. The van der Waals surface area contributed by atoms with Crippen LogP contribution in [-0.2, 0) is 25.9 Å². The van der Waals surface area contributed by atoms with E-state index in [1.54, 1.807) is 0 Å². The van der Waals surface area contributed by atoms with E-state index in [1.165, 1.54) is 28.8 Å². The second-order valence-corrected chi connectivity index (χ2v) is 8.03. The Hall–Kier alpha value is -3.08. The van der Waals surface area contributed by atoms with Crippen LogP contribution in [-0.4, -0.2) is 21.4 Å². The van der Waals surface area contributed by atoms with Gasteiger partial charge in [0.1, 0.15) is 11.6 Å². The summed E-state index contributed by atoms with van der Waals surface area (Å²) in [5, 5.41) is 0. The lowest BCUT2D eigenvalue weighted by atomic mass is 9.97. The summed E-state index contributed by atoms with van der Waals surface area (Å²) in [5.74, 6) is 0.580. The third kappa shape index (κ3) is 5.04. The minimum absolute atomic E-state index is 0. The highest BCUT2D eigenvalue weighted by molar-refractivity contribution is 5.85. The molecule has 0 spiro atoms. The zero-order valence-electron chi connectivity index (χ0n) is 17.7. The van der Waals surface area contributed by atoms with Gasteiger partial charge in [0.25, 0.3) is 0 Å². The van der Waals surface area contributed by atoms with Crippen molar-refractivity contribution >= 4 is 12.4 Å². The average molecular weight is 446 g/mol. The van der Waals surface area contributed by atoms with Crippen LogP contribution >= 0.6 is 12.4 Å². The van der Waals surface area contributed by atoms with Gasteiger partial charge < -0.3 is 0 Å². The SMILES string of the molecule is Cl.Fc1ccc(-c2nc(Cc3ccccc3)nc3c2CCN(Cc2ccccc2)C3)cc1. The Morgan fingerprint density at radius 2 is 1.44 bits per heavy atom. The van der Waals surface area contributed by atoms with Crippen molar-refractivity contribution in [3.8, 4) is 11.3 Å². The van der Waals surface area contributed by atoms with E-state index in [4.69, 9.17) is 9.97 Å². The summed E-state index contributed by atoms with van der Waals surface area (Å²) in [7, 11) is 0. The van der Waals surface area contributed by atoms with Crippen molar-refractivity contribution < 1.29 is 4.39 Å². The molecule has 3 nitrogen and oxygen atoms in total. The summed E-state index contributed by atoms with van der Waals surface area (Å²) in [6.07, 6.45) is 1.57. The predicted octanol–water partition coefficient (Wildman–Crippen LogP) is 5.85. The van der Waals surface area contributed by atoms with E-state index >= 15 is 0 Å². The summed E-state index contributed by atoms with van der Waals surface area (Å²) in [4.78, 5) is 12.4. The molecule has 0 radical (unpaired) electrons. The third-order valence-corrected chi connectivity index (χ3v) is 5.76. The molecule has 0 bridgehead atoms. The lowest BCUT2D eigenvalue weighted by molar-refractivity contribution is 0.241. The molecule has 0 aliphatic carbocycles. The first kappa shape index (κ1) is 22.1. The first-order valence-corrected chi connectivity index (χ1v) is 10.7. The van der Waals surface area contributed by atoms with Gasteiger partial charge in [-0.2, -0.15) is 0 Å². The molecule has 0 fully saturated rings. The number of benzene rings is 3. The molecule has 0 atom stereocenters.